The molecule has 3 aromatic rings. The first-order valence-electron chi connectivity index (χ1n) is 8.97. The van der Waals surface area contributed by atoms with Crippen molar-refractivity contribution < 1.29 is 14.3 Å². The molecule has 1 atom stereocenters. The summed E-state index contributed by atoms with van der Waals surface area (Å²) in [6.07, 6.45) is 3.34. The van der Waals surface area contributed by atoms with E-state index in [1.54, 1.807) is 37.0 Å². The number of hydrogen-bond acceptors (Lipinski definition) is 4. The van der Waals surface area contributed by atoms with E-state index >= 15 is 0 Å². The molecule has 0 saturated carbocycles. The SMILES string of the molecule is CCOC(=O)[C@H](C)N(C(=O)Cn1cccn1)c1c(C)ccc2ccccc12. The number of carbonyl (C=O) groups excluding carboxylic acids is 2. The lowest BCUT2D eigenvalue weighted by molar-refractivity contribution is -0.145. The summed E-state index contributed by atoms with van der Waals surface area (Å²) in [7, 11) is 0. The van der Waals surface area contributed by atoms with E-state index in [-0.39, 0.29) is 19.1 Å². The molecule has 27 heavy (non-hydrogen) atoms. The van der Waals surface area contributed by atoms with E-state index < -0.39 is 12.0 Å². The summed E-state index contributed by atoms with van der Waals surface area (Å²) < 4.78 is 6.74. The minimum atomic E-state index is -0.752. The largest absolute Gasteiger partial charge is 0.464 e. The quantitative estimate of drug-likeness (QED) is 0.629. The van der Waals surface area contributed by atoms with Gasteiger partial charge in [-0.3, -0.25) is 14.4 Å². The normalized spacial score (nSPS) is 12.0. The van der Waals surface area contributed by atoms with Crippen LogP contribution in [0.5, 0.6) is 0 Å². The number of amides is 1. The number of nitrogens with zero attached hydrogens (tertiary/aromatic N) is 3. The van der Waals surface area contributed by atoms with Gasteiger partial charge in [0.15, 0.2) is 0 Å². The van der Waals surface area contributed by atoms with Crippen LogP contribution < -0.4 is 4.90 Å². The monoisotopic (exact) mass is 365 g/mol. The molecule has 1 aromatic heterocycles. The molecule has 6 heteroatoms. The highest BCUT2D eigenvalue weighted by atomic mass is 16.5. The van der Waals surface area contributed by atoms with Crippen molar-refractivity contribution >= 4 is 28.3 Å². The van der Waals surface area contributed by atoms with Gasteiger partial charge < -0.3 is 4.74 Å². The fourth-order valence-corrected chi connectivity index (χ4v) is 3.20. The van der Waals surface area contributed by atoms with Gasteiger partial charge in [0.1, 0.15) is 12.6 Å². The molecule has 1 amide bonds. The first-order valence-corrected chi connectivity index (χ1v) is 8.97. The number of aromatic nitrogens is 2. The van der Waals surface area contributed by atoms with Gasteiger partial charge in [-0.15, -0.1) is 0 Å². The lowest BCUT2D eigenvalue weighted by Crippen LogP contribution is -2.46. The molecule has 2 aromatic carbocycles. The number of hydrogen-bond donors (Lipinski definition) is 0. The van der Waals surface area contributed by atoms with E-state index in [2.05, 4.69) is 5.10 Å². The van der Waals surface area contributed by atoms with E-state index in [0.717, 1.165) is 22.0 Å². The smallest absolute Gasteiger partial charge is 0.328 e. The topological polar surface area (TPSA) is 64.4 Å². The molecular formula is C21H23N3O3. The highest BCUT2D eigenvalue weighted by Crippen LogP contribution is 2.32. The minimum Gasteiger partial charge on any atom is -0.464 e. The molecule has 3 rings (SSSR count). The fraction of sp³-hybridized carbons (Fsp3) is 0.286. The molecule has 6 nitrogen and oxygen atoms in total. The lowest BCUT2D eigenvalue weighted by atomic mass is 10.0. The first-order chi connectivity index (χ1) is 13.0. The fourth-order valence-electron chi connectivity index (χ4n) is 3.20. The van der Waals surface area contributed by atoms with Gasteiger partial charge in [-0.1, -0.05) is 36.4 Å². The summed E-state index contributed by atoms with van der Waals surface area (Å²) in [6, 6.07) is 12.8. The highest BCUT2D eigenvalue weighted by molar-refractivity contribution is 6.07. The van der Waals surface area contributed by atoms with Crippen LogP contribution in [0.3, 0.4) is 0 Å². The van der Waals surface area contributed by atoms with Crippen molar-refractivity contribution in [3.63, 3.8) is 0 Å². The van der Waals surface area contributed by atoms with Crippen LogP contribution in [0.4, 0.5) is 5.69 Å². The molecule has 0 aliphatic heterocycles. The van der Waals surface area contributed by atoms with Gasteiger partial charge in [0.25, 0.3) is 0 Å². The summed E-state index contributed by atoms with van der Waals surface area (Å²) in [5, 5.41) is 6.04. The van der Waals surface area contributed by atoms with Crippen LogP contribution in [-0.4, -0.2) is 34.3 Å². The van der Waals surface area contributed by atoms with Gasteiger partial charge in [0, 0.05) is 17.8 Å². The maximum Gasteiger partial charge on any atom is 0.328 e. The second kappa shape index (κ2) is 8.03. The van der Waals surface area contributed by atoms with Gasteiger partial charge in [-0.25, -0.2) is 4.79 Å². The second-order valence-corrected chi connectivity index (χ2v) is 6.35. The molecule has 0 aliphatic carbocycles. The Morgan fingerprint density at radius 2 is 1.96 bits per heavy atom. The lowest BCUT2D eigenvalue weighted by Gasteiger charge is -2.30. The Morgan fingerprint density at radius 3 is 2.67 bits per heavy atom. The van der Waals surface area contributed by atoms with Crippen LogP contribution in [0.15, 0.2) is 54.9 Å². The Morgan fingerprint density at radius 1 is 1.19 bits per heavy atom. The van der Waals surface area contributed by atoms with Crippen molar-refractivity contribution in [1.29, 1.82) is 0 Å². The summed E-state index contributed by atoms with van der Waals surface area (Å²) in [5.74, 6) is -0.655. The zero-order valence-corrected chi connectivity index (χ0v) is 15.8. The number of ether oxygens (including phenoxy) is 1. The van der Waals surface area contributed by atoms with Crippen molar-refractivity contribution in [2.75, 3.05) is 11.5 Å². The summed E-state index contributed by atoms with van der Waals surface area (Å²) in [6.45, 7) is 5.69. The molecule has 0 aliphatic rings. The minimum absolute atomic E-state index is 0.0411. The Hall–Kier alpha value is -3.15. The third-order valence-corrected chi connectivity index (χ3v) is 4.48. The standard InChI is InChI=1S/C21H23N3O3/c1-4-27-21(26)16(3)24(19(25)14-23-13-7-12-22-23)20-15(2)10-11-17-8-5-6-9-18(17)20/h5-13,16H,4,14H2,1-3H3/t16-/m0/s1. The van der Waals surface area contributed by atoms with Crippen molar-refractivity contribution in [2.24, 2.45) is 0 Å². The Balaban J connectivity index is 2.11. The van der Waals surface area contributed by atoms with E-state index in [1.807, 2.05) is 43.3 Å². The van der Waals surface area contributed by atoms with Crippen LogP contribution in [0.1, 0.15) is 19.4 Å². The molecule has 0 N–H and O–H groups in total. The molecule has 0 fully saturated rings. The molecule has 0 spiro atoms. The zero-order valence-electron chi connectivity index (χ0n) is 15.8. The van der Waals surface area contributed by atoms with Crippen LogP contribution in [0, 0.1) is 6.92 Å². The molecule has 1 heterocycles. The third-order valence-electron chi connectivity index (χ3n) is 4.48. The number of fused-ring (bicyclic) bond motifs is 1. The summed E-state index contributed by atoms with van der Waals surface area (Å²) >= 11 is 0. The van der Waals surface area contributed by atoms with Crippen LogP contribution in [-0.2, 0) is 20.9 Å². The summed E-state index contributed by atoms with van der Waals surface area (Å²) in [4.78, 5) is 27.2. The predicted molar refractivity (Wildman–Crippen MR) is 104 cm³/mol. The Kier molecular flexibility index (Phi) is 5.54. The van der Waals surface area contributed by atoms with Crippen molar-refractivity contribution in [1.82, 2.24) is 9.78 Å². The number of esters is 1. The maximum absolute atomic E-state index is 13.2. The molecule has 0 unspecified atom stereocenters. The first kappa shape index (κ1) is 18.6. The van der Waals surface area contributed by atoms with E-state index in [4.69, 9.17) is 4.74 Å². The van der Waals surface area contributed by atoms with Crippen LogP contribution in [0.25, 0.3) is 10.8 Å². The molecular weight excluding hydrogens is 342 g/mol. The molecule has 0 radical (unpaired) electrons. The molecule has 0 bridgehead atoms. The van der Waals surface area contributed by atoms with Crippen molar-refractivity contribution in [3.8, 4) is 0 Å². The number of carbonyl (C=O) groups is 2. The summed E-state index contributed by atoms with van der Waals surface area (Å²) in [5.41, 5.74) is 1.64. The van der Waals surface area contributed by atoms with Crippen molar-refractivity contribution in [2.45, 2.75) is 33.4 Å². The number of aryl methyl sites for hydroxylation is 1. The maximum atomic E-state index is 13.2. The van der Waals surface area contributed by atoms with E-state index in [9.17, 15) is 9.59 Å². The zero-order chi connectivity index (χ0) is 19.4. The number of rotatable bonds is 6. The number of anilines is 1. The number of benzene rings is 2. The van der Waals surface area contributed by atoms with Gasteiger partial charge in [-0.05, 0) is 37.8 Å². The van der Waals surface area contributed by atoms with E-state index in [0.29, 0.717) is 0 Å². The van der Waals surface area contributed by atoms with Gasteiger partial charge in [-0.2, -0.15) is 5.10 Å². The van der Waals surface area contributed by atoms with Gasteiger partial charge in [0.2, 0.25) is 5.91 Å². The average molecular weight is 365 g/mol. The average Bonchev–Trinajstić information content (AvgIpc) is 3.16. The predicted octanol–water partition coefficient (Wildman–Crippen LogP) is 3.33. The van der Waals surface area contributed by atoms with Gasteiger partial charge in [0.05, 0.1) is 12.3 Å². The third kappa shape index (κ3) is 3.84. The van der Waals surface area contributed by atoms with E-state index in [1.165, 1.54) is 4.90 Å². The Labute approximate surface area is 158 Å². The van der Waals surface area contributed by atoms with Crippen molar-refractivity contribution in [3.05, 3.63) is 60.4 Å². The Bertz CT molecular complexity index is 950. The molecule has 0 saturated heterocycles. The van der Waals surface area contributed by atoms with Crippen LogP contribution in [0.2, 0.25) is 0 Å². The molecule has 140 valence electrons. The van der Waals surface area contributed by atoms with Gasteiger partial charge >= 0.3 is 5.97 Å². The van der Waals surface area contributed by atoms with Crippen LogP contribution >= 0.6 is 0 Å². The highest BCUT2D eigenvalue weighted by Gasteiger charge is 2.30. The second-order valence-electron chi connectivity index (χ2n) is 6.35.